The summed E-state index contributed by atoms with van der Waals surface area (Å²) in [5, 5.41) is 4.64. The second-order valence-corrected chi connectivity index (χ2v) is 5.51. The highest BCUT2D eigenvalue weighted by atomic mass is 19.1. The molecule has 0 saturated heterocycles. The fourth-order valence-corrected chi connectivity index (χ4v) is 2.26. The Balaban J connectivity index is 1.92. The van der Waals surface area contributed by atoms with E-state index in [4.69, 9.17) is 4.74 Å². The van der Waals surface area contributed by atoms with E-state index in [1.807, 2.05) is 18.2 Å². The Morgan fingerprint density at radius 3 is 2.56 bits per heavy atom. The van der Waals surface area contributed by atoms with Crippen molar-refractivity contribution in [3.8, 4) is 5.75 Å². The number of halogens is 2. The molecule has 2 aromatic carbocycles. The number of nitrogens with one attached hydrogen (secondary N) is 2. The van der Waals surface area contributed by atoms with Crippen LogP contribution < -0.4 is 15.4 Å². The second-order valence-electron chi connectivity index (χ2n) is 5.51. The lowest BCUT2D eigenvalue weighted by Gasteiger charge is -2.14. The molecule has 2 rings (SSSR count). The third-order valence-corrected chi connectivity index (χ3v) is 3.44. The largest absolute Gasteiger partial charge is 0.497 e. The normalized spacial score (nSPS) is 11.5. The van der Waals surface area contributed by atoms with Gasteiger partial charge in [0.1, 0.15) is 17.4 Å². The van der Waals surface area contributed by atoms with Crippen molar-refractivity contribution in [3.05, 3.63) is 59.7 Å². The summed E-state index contributed by atoms with van der Waals surface area (Å²) in [6.07, 6.45) is 0.487. The fourth-order valence-electron chi connectivity index (χ4n) is 2.26. The smallest absolute Gasteiger partial charge is 0.313 e. The molecule has 0 unspecified atom stereocenters. The molecule has 0 aliphatic carbocycles. The third-order valence-electron chi connectivity index (χ3n) is 3.44. The highest BCUT2D eigenvalue weighted by molar-refractivity contribution is 6.39. The standard InChI is InChI=1S/C18H18F2N2O3/c1-11(8-12-4-3-5-14(9-12)25-2)21-17(23)18(24)22-16-7-6-13(19)10-15(16)20/h3-7,9-11H,8H2,1-2H3,(H,21,23)(H,22,24)/t11-/m1/s1. The maximum atomic E-state index is 13.5. The molecule has 2 aromatic rings. The topological polar surface area (TPSA) is 67.4 Å². The summed E-state index contributed by atoms with van der Waals surface area (Å²) in [6.45, 7) is 1.74. The minimum absolute atomic E-state index is 0.262. The number of carbonyl (C=O) groups excluding carboxylic acids is 2. The van der Waals surface area contributed by atoms with Gasteiger partial charge in [0.15, 0.2) is 0 Å². The van der Waals surface area contributed by atoms with Crippen LogP contribution in [0.15, 0.2) is 42.5 Å². The summed E-state index contributed by atoms with van der Waals surface area (Å²) in [5.74, 6) is -2.96. The summed E-state index contributed by atoms with van der Waals surface area (Å²) in [6, 6.07) is 9.67. The van der Waals surface area contributed by atoms with E-state index in [0.29, 0.717) is 18.2 Å². The van der Waals surface area contributed by atoms with E-state index < -0.39 is 23.4 Å². The third kappa shape index (κ3) is 5.27. The number of hydrogen-bond acceptors (Lipinski definition) is 3. The van der Waals surface area contributed by atoms with Crippen molar-refractivity contribution in [2.75, 3.05) is 12.4 Å². The van der Waals surface area contributed by atoms with Crippen LogP contribution in [0.5, 0.6) is 5.75 Å². The molecule has 2 N–H and O–H groups in total. The average molecular weight is 348 g/mol. The molecule has 132 valence electrons. The van der Waals surface area contributed by atoms with Crippen molar-refractivity contribution in [1.29, 1.82) is 0 Å². The van der Waals surface area contributed by atoms with Crippen molar-refractivity contribution in [1.82, 2.24) is 5.32 Å². The molecule has 0 heterocycles. The minimum atomic E-state index is -1.02. The highest BCUT2D eigenvalue weighted by Crippen LogP contribution is 2.15. The van der Waals surface area contributed by atoms with Gasteiger partial charge in [-0.3, -0.25) is 9.59 Å². The Kier molecular flexibility index (Phi) is 6.05. The van der Waals surface area contributed by atoms with E-state index in [9.17, 15) is 18.4 Å². The Hall–Kier alpha value is -2.96. The second kappa shape index (κ2) is 8.23. The molecule has 0 fully saturated rings. The van der Waals surface area contributed by atoms with Crippen LogP contribution in [0.4, 0.5) is 14.5 Å². The Morgan fingerprint density at radius 2 is 1.88 bits per heavy atom. The first kappa shape index (κ1) is 18.4. The zero-order valence-electron chi connectivity index (χ0n) is 13.8. The molecule has 0 spiro atoms. The average Bonchev–Trinajstić information content (AvgIpc) is 2.57. The van der Waals surface area contributed by atoms with Gasteiger partial charge >= 0.3 is 11.8 Å². The SMILES string of the molecule is COc1cccc(C[C@@H](C)NC(=O)C(=O)Nc2ccc(F)cc2F)c1. The number of benzene rings is 2. The van der Waals surface area contributed by atoms with Crippen LogP contribution in [-0.2, 0) is 16.0 Å². The minimum Gasteiger partial charge on any atom is -0.497 e. The fraction of sp³-hybridized carbons (Fsp3) is 0.222. The van der Waals surface area contributed by atoms with Gasteiger partial charge in [-0.05, 0) is 43.2 Å². The van der Waals surface area contributed by atoms with Crippen molar-refractivity contribution in [2.45, 2.75) is 19.4 Å². The van der Waals surface area contributed by atoms with Crippen molar-refractivity contribution in [2.24, 2.45) is 0 Å². The van der Waals surface area contributed by atoms with Gasteiger partial charge in [-0.1, -0.05) is 12.1 Å². The molecule has 0 aliphatic rings. The number of ether oxygens (including phenoxy) is 1. The van der Waals surface area contributed by atoms with E-state index in [2.05, 4.69) is 10.6 Å². The molecule has 0 aliphatic heterocycles. The van der Waals surface area contributed by atoms with Crippen LogP contribution >= 0.6 is 0 Å². The summed E-state index contributed by atoms with van der Waals surface area (Å²) in [5.41, 5.74) is 0.666. The lowest BCUT2D eigenvalue weighted by atomic mass is 10.1. The highest BCUT2D eigenvalue weighted by Gasteiger charge is 2.18. The van der Waals surface area contributed by atoms with Gasteiger partial charge in [0, 0.05) is 12.1 Å². The molecule has 0 aromatic heterocycles. The molecule has 0 radical (unpaired) electrons. The Labute approximate surface area is 144 Å². The first-order valence-corrected chi connectivity index (χ1v) is 7.59. The number of methoxy groups -OCH3 is 1. The Morgan fingerprint density at radius 1 is 1.12 bits per heavy atom. The van der Waals surface area contributed by atoms with Gasteiger partial charge < -0.3 is 15.4 Å². The lowest BCUT2D eigenvalue weighted by Crippen LogP contribution is -2.41. The number of amides is 2. The number of rotatable bonds is 5. The van der Waals surface area contributed by atoms with E-state index in [0.717, 1.165) is 17.7 Å². The zero-order valence-corrected chi connectivity index (χ0v) is 13.8. The first-order chi connectivity index (χ1) is 11.9. The molecule has 0 bridgehead atoms. The monoisotopic (exact) mass is 348 g/mol. The van der Waals surface area contributed by atoms with E-state index in [1.165, 1.54) is 0 Å². The summed E-state index contributed by atoms with van der Waals surface area (Å²) >= 11 is 0. The van der Waals surface area contributed by atoms with E-state index >= 15 is 0 Å². The van der Waals surface area contributed by atoms with Crippen LogP contribution in [0.25, 0.3) is 0 Å². The van der Waals surface area contributed by atoms with Crippen LogP contribution in [0.3, 0.4) is 0 Å². The predicted molar refractivity (Wildman–Crippen MR) is 89.3 cm³/mol. The Bertz CT molecular complexity index is 781. The van der Waals surface area contributed by atoms with Gasteiger partial charge in [-0.15, -0.1) is 0 Å². The molecule has 7 heteroatoms. The van der Waals surface area contributed by atoms with Gasteiger partial charge in [0.05, 0.1) is 12.8 Å². The molecule has 1 atom stereocenters. The summed E-state index contributed by atoms with van der Waals surface area (Å²) < 4.78 is 31.5. The molecular weight excluding hydrogens is 330 g/mol. The van der Waals surface area contributed by atoms with Crippen LogP contribution in [0.1, 0.15) is 12.5 Å². The van der Waals surface area contributed by atoms with Gasteiger partial charge in [-0.25, -0.2) is 8.78 Å². The van der Waals surface area contributed by atoms with Gasteiger partial charge in [0.2, 0.25) is 0 Å². The first-order valence-electron chi connectivity index (χ1n) is 7.59. The van der Waals surface area contributed by atoms with Crippen LogP contribution in [0, 0.1) is 11.6 Å². The van der Waals surface area contributed by atoms with E-state index in [1.54, 1.807) is 20.1 Å². The van der Waals surface area contributed by atoms with Crippen LogP contribution in [0.2, 0.25) is 0 Å². The van der Waals surface area contributed by atoms with Crippen LogP contribution in [-0.4, -0.2) is 25.0 Å². The summed E-state index contributed by atoms with van der Waals surface area (Å²) in [4.78, 5) is 23.7. The number of hydrogen-bond donors (Lipinski definition) is 2. The molecule has 2 amide bonds. The van der Waals surface area contributed by atoms with Gasteiger partial charge in [-0.2, -0.15) is 0 Å². The number of anilines is 1. The predicted octanol–water partition coefficient (Wildman–Crippen LogP) is 2.66. The van der Waals surface area contributed by atoms with Crippen molar-refractivity contribution in [3.63, 3.8) is 0 Å². The van der Waals surface area contributed by atoms with E-state index in [-0.39, 0.29) is 11.7 Å². The molecular formula is C18H18F2N2O3. The van der Waals surface area contributed by atoms with Gasteiger partial charge in [0.25, 0.3) is 0 Å². The summed E-state index contributed by atoms with van der Waals surface area (Å²) in [7, 11) is 1.56. The number of carbonyl (C=O) groups is 2. The zero-order chi connectivity index (χ0) is 18.4. The maximum Gasteiger partial charge on any atom is 0.313 e. The quantitative estimate of drug-likeness (QED) is 0.817. The molecule has 25 heavy (non-hydrogen) atoms. The molecule has 5 nitrogen and oxygen atoms in total. The molecule has 0 saturated carbocycles. The van der Waals surface area contributed by atoms with Crippen molar-refractivity contribution >= 4 is 17.5 Å². The lowest BCUT2D eigenvalue weighted by molar-refractivity contribution is -0.136. The van der Waals surface area contributed by atoms with Crippen molar-refractivity contribution < 1.29 is 23.1 Å². The maximum absolute atomic E-state index is 13.5.